The van der Waals surface area contributed by atoms with Crippen LogP contribution < -0.4 is 5.43 Å². The van der Waals surface area contributed by atoms with Crippen LogP contribution in [0.5, 0.6) is 0 Å². The van der Waals surface area contributed by atoms with Gasteiger partial charge in [0.05, 0.1) is 16.2 Å². The molecule has 2 N–H and O–H groups in total. The van der Waals surface area contributed by atoms with E-state index in [0.29, 0.717) is 16.8 Å². The highest BCUT2D eigenvalue weighted by Gasteiger charge is 2.14. The van der Waals surface area contributed by atoms with Gasteiger partial charge in [-0.05, 0) is 18.2 Å². The first-order valence-electron chi connectivity index (χ1n) is 8.88. The number of carbonyl (C=O) groups is 1. The van der Waals surface area contributed by atoms with Crippen LogP contribution in [0.2, 0.25) is 0 Å². The minimum Gasteiger partial charge on any atom is -0.360 e. The Balaban J connectivity index is 1.68. The zero-order valence-corrected chi connectivity index (χ0v) is 15.2. The molecular formula is C22H16N4O3. The number of nitrogens with one attached hydrogen (secondary N) is 2. The van der Waals surface area contributed by atoms with E-state index in [0.717, 1.165) is 16.5 Å². The monoisotopic (exact) mass is 384 g/mol. The number of hydrazone groups is 1. The maximum Gasteiger partial charge on any atom is 0.273 e. The normalized spacial score (nSPS) is 11.4. The molecule has 0 unspecified atom stereocenters. The Hall–Kier alpha value is -4.26. The number of aromatic nitrogens is 1. The van der Waals surface area contributed by atoms with Gasteiger partial charge in [0.2, 0.25) is 0 Å². The molecule has 7 nitrogen and oxygen atoms in total. The molecule has 0 spiro atoms. The number of para-hydroxylation sites is 1. The summed E-state index contributed by atoms with van der Waals surface area (Å²) < 4.78 is 0. The molecule has 4 aromatic rings. The van der Waals surface area contributed by atoms with Crippen molar-refractivity contribution in [1.82, 2.24) is 10.4 Å². The first kappa shape index (κ1) is 18.1. The number of hydrogen-bond acceptors (Lipinski definition) is 4. The highest BCUT2D eigenvalue weighted by Crippen LogP contribution is 2.18. The summed E-state index contributed by atoms with van der Waals surface area (Å²) in [6.07, 6.45) is 1.64. The number of amides is 1. The van der Waals surface area contributed by atoms with Gasteiger partial charge in [-0.2, -0.15) is 5.10 Å². The maximum atomic E-state index is 12.7. The number of benzene rings is 3. The van der Waals surface area contributed by atoms with Crippen molar-refractivity contribution >= 4 is 28.2 Å². The summed E-state index contributed by atoms with van der Waals surface area (Å²) in [4.78, 5) is 26.2. The molecule has 29 heavy (non-hydrogen) atoms. The van der Waals surface area contributed by atoms with Crippen LogP contribution in [0.1, 0.15) is 21.5 Å². The van der Waals surface area contributed by atoms with Crippen molar-refractivity contribution in [3.05, 3.63) is 112 Å². The van der Waals surface area contributed by atoms with E-state index >= 15 is 0 Å². The molecule has 0 saturated heterocycles. The van der Waals surface area contributed by atoms with Crippen LogP contribution >= 0.6 is 0 Å². The number of aromatic amines is 1. The first-order chi connectivity index (χ1) is 14.1. The second-order valence-corrected chi connectivity index (χ2v) is 6.32. The molecule has 7 heteroatoms. The largest absolute Gasteiger partial charge is 0.360 e. The third-order valence-electron chi connectivity index (χ3n) is 4.50. The molecule has 0 aliphatic rings. The SMILES string of the molecule is O=C(N/N=C(\c1ccccc1)c1ccc([N+](=O)[O-])cc1)c1c[nH]c2ccccc12. The maximum absolute atomic E-state index is 12.7. The van der Waals surface area contributed by atoms with Gasteiger partial charge in [0.1, 0.15) is 0 Å². The van der Waals surface area contributed by atoms with Gasteiger partial charge in [-0.1, -0.05) is 48.5 Å². The van der Waals surface area contributed by atoms with Crippen LogP contribution in [0, 0.1) is 10.1 Å². The van der Waals surface area contributed by atoms with Gasteiger partial charge < -0.3 is 4.98 Å². The predicted octanol–water partition coefficient (Wildman–Crippen LogP) is 4.26. The van der Waals surface area contributed by atoms with Crippen LogP contribution in [0.3, 0.4) is 0 Å². The summed E-state index contributed by atoms with van der Waals surface area (Å²) >= 11 is 0. The van der Waals surface area contributed by atoms with Gasteiger partial charge >= 0.3 is 0 Å². The first-order valence-corrected chi connectivity index (χ1v) is 8.88. The fourth-order valence-electron chi connectivity index (χ4n) is 3.06. The number of nitro groups is 1. The zero-order valence-electron chi connectivity index (χ0n) is 15.2. The van der Waals surface area contributed by atoms with E-state index < -0.39 is 4.92 Å². The van der Waals surface area contributed by atoms with E-state index in [-0.39, 0.29) is 11.6 Å². The van der Waals surface area contributed by atoms with Gasteiger partial charge in [0.25, 0.3) is 11.6 Å². The summed E-state index contributed by atoms with van der Waals surface area (Å²) in [5.74, 6) is -0.349. The lowest BCUT2D eigenvalue weighted by Crippen LogP contribution is -2.20. The molecule has 0 radical (unpaired) electrons. The van der Waals surface area contributed by atoms with Gasteiger partial charge in [0, 0.05) is 40.4 Å². The summed E-state index contributed by atoms with van der Waals surface area (Å²) in [5, 5.41) is 16.1. The fourth-order valence-corrected chi connectivity index (χ4v) is 3.06. The Kier molecular flexibility index (Phi) is 4.86. The van der Waals surface area contributed by atoms with E-state index in [9.17, 15) is 14.9 Å². The Labute approximate surface area is 165 Å². The van der Waals surface area contributed by atoms with Crippen molar-refractivity contribution in [2.45, 2.75) is 0 Å². The number of rotatable bonds is 5. The van der Waals surface area contributed by atoms with E-state index in [1.54, 1.807) is 18.3 Å². The molecule has 1 aromatic heterocycles. The second-order valence-electron chi connectivity index (χ2n) is 6.32. The van der Waals surface area contributed by atoms with Gasteiger partial charge in [0.15, 0.2) is 0 Å². The predicted molar refractivity (Wildman–Crippen MR) is 111 cm³/mol. The Morgan fingerprint density at radius 2 is 1.55 bits per heavy atom. The Morgan fingerprint density at radius 1 is 0.897 bits per heavy atom. The van der Waals surface area contributed by atoms with Crippen molar-refractivity contribution in [3.63, 3.8) is 0 Å². The molecule has 0 atom stereocenters. The second kappa shape index (κ2) is 7.77. The molecule has 3 aromatic carbocycles. The van der Waals surface area contributed by atoms with Gasteiger partial charge in [-0.15, -0.1) is 0 Å². The lowest BCUT2D eigenvalue weighted by atomic mass is 10.0. The van der Waals surface area contributed by atoms with Crippen LogP contribution in [-0.4, -0.2) is 21.5 Å². The van der Waals surface area contributed by atoms with Crippen molar-refractivity contribution in [3.8, 4) is 0 Å². The smallest absolute Gasteiger partial charge is 0.273 e. The summed E-state index contributed by atoms with van der Waals surface area (Å²) in [7, 11) is 0. The minimum atomic E-state index is -0.456. The van der Waals surface area contributed by atoms with Crippen LogP contribution in [0.4, 0.5) is 5.69 Å². The number of fused-ring (bicyclic) bond motifs is 1. The van der Waals surface area contributed by atoms with Gasteiger partial charge in [-0.25, -0.2) is 5.43 Å². The minimum absolute atomic E-state index is 0.0102. The lowest BCUT2D eigenvalue weighted by Gasteiger charge is -2.08. The summed E-state index contributed by atoms with van der Waals surface area (Å²) in [5.41, 5.74) is 5.88. The highest BCUT2D eigenvalue weighted by atomic mass is 16.6. The van der Waals surface area contributed by atoms with Crippen LogP contribution in [-0.2, 0) is 0 Å². The molecule has 0 aliphatic carbocycles. The Morgan fingerprint density at radius 3 is 2.28 bits per heavy atom. The van der Waals surface area contributed by atoms with E-state index in [2.05, 4.69) is 15.5 Å². The topological polar surface area (TPSA) is 100 Å². The summed E-state index contributed by atoms with van der Waals surface area (Å²) in [6.45, 7) is 0. The Bertz CT molecular complexity index is 1210. The third kappa shape index (κ3) is 3.74. The van der Waals surface area contributed by atoms with Gasteiger partial charge in [-0.3, -0.25) is 14.9 Å². The number of nitrogens with zero attached hydrogens (tertiary/aromatic N) is 2. The number of carbonyl (C=O) groups excluding carboxylic acids is 1. The van der Waals surface area contributed by atoms with Crippen molar-refractivity contribution in [2.24, 2.45) is 5.10 Å². The average molecular weight is 384 g/mol. The average Bonchev–Trinajstić information content (AvgIpc) is 3.19. The summed E-state index contributed by atoms with van der Waals surface area (Å²) in [6, 6.07) is 22.9. The molecule has 0 fully saturated rings. The van der Waals surface area contributed by atoms with Crippen LogP contribution in [0.25, 0.3) is 10.9 Å². The standard InChI is InChI=1S/C22H16N4O3/c27-22(19-14-23-20-9-5-4-8-18(19)20)25-24-21(15-6-2-1-3-7-15)16-10-12-17(13-11-16)26(28)29/h1-14,23H,(H,25,27)/b24-21+. The molecule has 1 amide bonds. The number of hydrogen-bond donors (Lipinski definition) is 2. The molecule has 1 heterocycles. The molecule has 142 valence electrons. The number of non-ortho nitro benzene ring substituents is 1. The molecule has 4 rings (SSSR count). The van der Waals surface area contributed by atoms with E-state index in [1.807, 2.05) is 54.6 Å². The lowest BCUT2D eigenvalue weighted by molar-refractivity contribution is -0.384. The third-order valence-corrected chi connectivity index (χ3v) is 4.50. The van der Waals surface area contributed by atoms with Crippen molar-refractivity contribution in [1.29, 1.82) is 0 Å². The molecular weight excluding hydrogens is 368 g/mol. The molecule has 0 saturated carbocycles. The number of nitro benzene ring substituents is 1. The highest BCUT2D eigenvalue weighted by molar-refractivity contribution is 6.14. The van der Waals surface area contributed by atoms with Crippen molar-refractivity contribution < 1.29 is 9.72 Å². The zero-order chi connectivity index (χ0) is 20.2. The molecule has 0 aliphatic heterocycles. The van der Waals surface area contributed by atoms with Crippen LogP contribution in [0.15, 0.2) is 90.2 Å². The molecule has 0 bridgehead atoms. The van der Waals surface area contributed by atoms with Crippen molar-refractivity contribution in [2.75, 3.05) is 0 Å². The van der Waals surface area contributed by atoms with E-state index in [1.165, 1.54) is 12.1 Å². The fraction of sp³-hybridized carbons (Fsp3) is 0. The number of H-pyrrole nitrogens is 1. The van der Waals surface area contributed by atoms with E-state index in [4.69, 9.17) is 0 Å². The quantitative estimate of drug-likeness (QED) is 0.305.